The van der Waals surface area contributed by atoms with Crippen molar-refractivity contribution in [3.63, 3.8) is 0 Å². The van der Waals surface area contributed by atoms with Gasteiger partial charge in [-0.1, -0.05) is 36.3 Å². The van der Waals surface area contributed by atoms with E-state index in [1.807, 2.05) is 30.3 Å². The quantitative estimate of drug-likeness (QED) is 0.302. The maximum absolute atomic E-state index is 16.2. The van der Waals surface area contributed by atoms with E-state index < -0.39 is 28.6 Å². The van der Waals surface area contributed by atoms with Gasteiger partial charge in [0.05, 0.1) is 12.1 Å². The van der Waals surface area contributed by atoms with Crippen LogP contribution < -0.4 is 16.0 Å². The second kappa shape index (κ2) is 13.0. The van der Waals surface area contributed by atoms with Crippen LogP contribution in [-0.4, -0.2) is 59.4 Å². The van der Waals surface area contributed by atoms with E-state index in [2.05, 4.69) is 21.8 Å². The summed E-state index contributed by atoms with van der Waals surface area (Å²) < 4.78 is 37.9. The molecule has 1 amide bonds. The molecule has 3 heterocycles. The number of aliphatic hydroxyl groups is 1. The molecule has 2 fully saturated rings. The molecule has 1 aliphatic heterocycles. The van der Waals surface area contributed by atoms with E-state index in [-0.39, 0.29) is 74.5 Å². The van der Waals surface area contributed by atoms with Crippen LogP contribution >= 0.6 is 0 Å². The SMILES string of the molecule is Cn1ccnc1C#C[C@@]1(F)CC[C@@H](C(=O)N2CCC(O)(Cn3cnc(Oc4ccc(F)cc4)c(N)c3=O)CC2)[C@H](c2ccccc2)C1. The van der Waals surface area contributed by atoms with Crippen molar-refractivity contribution in [2.75, 3.05) is 18.8 Å². The minimum Gasteiger partial charge on any atom is -0.437 e. The lowest BCUT2D eigenvalue weighted by molar-refractivity contribution is -0.142. The van der Waals surface area contributed by atoms with Crippen LogP contribution in [0.3, 0.4) is 0 Å². The smallest absolute Gasteiger partial charge is 0.280 e. The highest BCUT2D eigenvalue weighted by atomic mass is 19.1. The number of alkyl halides is 1. The predicted octanol–water partition coefficient (Wildman–Crippen LogP) is 4.19. The maximum Gasteiger partial charge on any atom is 0.280 e. The highest BCUT2D eigenvalue weighted by Crippen LogP contribution is 2.45. The average molecular weight is 643 g/mol. The Balaban J connectivity index is 1.12. The van der Waals surface area contributed by atoms with Gasteiger partial charge in [0.25, 0.3) is 5.56 Å². The first-order valence-electron chi connectivity index (χ1n) is 15.6. The molecule has 0 unspecified atom stereocenters. The van der Waals surface area contributed by atoms with Crippen molar-refractivity contribution in [1.82, 2.24) is 24.0 Å². The first-order valence-corrected chi connectivity index (χ1v) is 15.6. The van der Waals surface area contributed by atoms with Crippen LogP contribution in [0.15, 0.2) is 78.1 Å². The molecule has 3 N–H and O–H groups in total. The van der Waals surface area contributed by atoms with E-state index in [0.29, 0.717) is 12.2 Å². The lowest BCUT2D eigenvalue weighted by Crippen LogP contribution is -2.52. The van der Waals surface area contributed by atoms with Gasteiger partial charge in [-0.15, -0.1) is 0 Å². The molecule has 244 valence electrons. The van der Waals surface area contributed by atoms with Gasteiger partial charge in [-0.25, -0.2) is 18.7 Å². The Hall–Kier alpha value is -5.02. The molecule has 1 saturated carbocycles. The number of piperidine rings is 1. The number of ether oxygens (including phenoxy) is 1. The third-order valence-electron chi connectivity index (χ3n) is 9.18. The van der Waals surface area contributed by atoms with Crippen LogP contribution in [0.4, 0.5) is 14.5 Å². The standard InChI is InChI=1S/C35H36F2N6O4/c1-41-20-17-39-29(41)12-14-34(37)13-11-27(28(21-34)24-5-3-2-4-6-24)32(44)42-18-15-35(46,16-19-42)22-43-23-40-31(30(38)33(43)45)47-26-9-7-25(36)8-10-26/h2-10,17,20,23,27-28,46H,11,13,15-16,18-19,21-22,38H2,1H3/t27-,28+,34+/m1/s1. The van der Waals surface area contributed by atoms with Gasteiger partial charge in [-0.2, -0.15) is 0 Å². The predicted molar refractivity (Wildman–Crippen MR) is 171 cm³/mol. The third-order valence-corrected chi connectivity index (χ3v) is 9.18. The number of imidazole rings is 1. The number of nitrogens with zero attached hydrogens (tertiary/aromatic N) is 5. The van der Waals surface area contributed by atoms with Gasteiger partial charge in [0.2, 0.25) is 11.8 Å². The number of aryl methyl sites for hydroxylation is 1. The van der Waals surface area contributed by atoms with Crippen LogP contribution in [0.5, 0.6) is 11.6 Å². The summed E-state index contributed by atoms with van der Waals surface area (Å²) in [5.41, 5.74) is 3.02. The second-order valence-corrected chi connectivity index (χ2v) is 12.4. The molecule has 47 heavy (non-hydrogen) atoms. The van der Waals surface area contributed by atoms with Crippen molar-refractivity contribution in [3.8, 4) is 23.5 Å². The van der Waals surface area contributed by atoms with Gasteiger partial charge < -0.3 is 25.0 Å². The molecule has 3 atom stereocenters. The van der Waals surface area contributed by atoms with Crippen LogP contribution in [0.1, 0.15) is 49.4 Å². The maximum atomic E-state index is 16.2. The summed E-state index contributed by atoms with van der Waals surface area (Å²) in [6, 6.07) is 14.7. The molecule has 12 heteroatoms. The Morgan fingerprint density at radius 1 is 1.11 bits per heavy atom. The van der Waals surface area contributed by atoms with Crippen molar-refractivity contribution in [1.29, 1.82) is 0 Å². The minimum atomic E-state index is -1.77. The number of rotatable bonds is 6. The van der Waals surface area contributed by atoms with Crippen molar-refractivity contribution in [2.45, 2.75) is 55.8 Å². The summed E-state index contributed by atoms with van der Waals surface area (Å²) in [6.45, 7) is 0.476. The summed E-state index contributed by atoms with van der Waals surface area (Å²) in [7, 11) is 1.80. The number of hydrogen-bond acceptors (Lipinski definition) is 7. The van der Waals surface area contributed by atoms with E-state index in [1.54, 1.807) is 28.9 Å². The van der Waals surface area contributed by atoms with Gasteiger partial charge in [-0.05, 0) is 67.4 Å². The van der Waals surface area contributed by atoms with Gasteiger partial charge >= 0.3 is 0 Å². The Morgan fingerprint density at radius 2 is 1.83 bits per heavy atom. The summed E-state index contributed by atoms with van der Waals surface area (Å²) in [4.78, 5) is 37.0. The third kappa shape index (κ3) is 7.05. The first-order chi connectivity index (χ1) is 22.5. The largest absolute Gasteiger partial charge is 0.437 e. The van der Waals surface area contributed by atoms with E-state index >= 15 is 4.39 Å². The summed E-state index contributed by atoms with van der Waals surface area (Å²) in [5.74, 6) is 4.99. The zero-order chi connectivity index (χ0) is 33.2. The molecule has 1 aliphatic carbocycles. The van der Waals surface area contributed by atoms with E-state index in [4.69, 9.17) is 10.5 Å². The molecule has 0 radical (unpaired) electrons. The van der Waals surface area contributed by atoms with Gasteiger partial charge in [0.15, 0.2) is 17.2 Å². The van der Waals surface area contributed by atoms with Crippen molar-refractivity contribution < 1.29 is 23.4 Å². The summed E-state index contributed by atoms with van der Waals surface area (Å²) in [6.07, 6.45) is 5.61. The number of hydrogen-bond donors (Lipinski definition) is 2. The number of aromatic nitrogens is 4. The molecule has 0 spiro atoms. The normalized spacial score (nSPS) is 22.3. The molecule has 6 rings (SSSR count). The number of nitrogen functional groups attached to an aromatic ring is 1. The fourth-order valence-corrected chi connectivity index (χ4v) is 6.44. The van der Waals surface area contributed by atoms with Crippen molar-refractivity contribution in [3.05, 3.63) is 101 Å². The van der Waals surface area contributed by atoms with Crippen LogP contribution in [0.2, 0.25) is 0 Å². The number of amides is 1. The lowest BCUT2D eigenvalue weighted by atomic mass is 9.69. The number of anilines is 1. The molecule has 0 bridgehead atoms. The fraction of sp³-hybridized carbons (Fsp3) is 0.371. The van der Waals surface area contributed by atoms with E-state index in [0.717, 1.165) is 5.56 Å². The number of carbonyl (C=O) groups is 1. The molecule has 2 aromatic carbocycles. The molecule has 4 aromatic rings. The van der Waals surface area contributed by atoms with Crippen molar-refractivity contribution >= 4 is 11.6 Å². The zero-order valence-electron chi connectivity index (χ0n) is 26.0. The van der Waals surface area contributed by atoms with E-state index in [9.17, 15) is 19.1 Å². The van der Waals surface area contributed by atoms with Crippen LogP contribution in [0, 0.1) is 23.6 Å². The summed E-state index contributed by atoms with van der Waals surface area (Å²) in [5, 5.41) is 11.4. The summed E-state index contributed by atoms with van der Waals surface area (Å²) >= 11 is 0. The second-order valence-electron chi connectivity index (χ2n) is 12.4. The zero-order valence-corrected chi connectivity index (χ0v) is 26.0. The number of likely N-dealkylation sites (tertiary alicyclic amines) is 1. The topological polar surface area (TPSA) is 128 Å². The monoisotopic (exact) mass is 642 g/mol. The highest BCUT2D eigenvalue weighted by molar-refractivity contribution is 5.80. The molecule has 1 saturated heterocycles. The number of carbonyl (C=O) groups excluding carboxylic acids is 1. The first kappa shape index (κ1) is 31.9. The van der Waals surface area contributed by atoms with Crippen LogP contribution in [-0.2, 0) is 18.4 Å². The van der Waals surface area contributed by atoms with Crippen molar-refractivity contribution in [2.24, 2.45) is 13.0 Å². The Labute approximate surface area is 270 Å². The van der Waals surface area contributed by atoms with Crippen LogP contribution in [0.25, 0.3) is 0 Å². The Bertz CT molecular complexity index is 1860. The molecule has 10 nitrogen and oxygen atoms in total. The Kier molecular flexibility index (Phi) is 8.84. The minimum absolute atomic E-state index is 0.0724. The van der Waals surface area contributed by atoms with Gasteiger partial charge in [0.1, 0.15) is 17.9 Å². The Morgan fingerprint density at radius 3 is 2.51 bits per heavy atom. The van der Waals surface area contributed by atoms with E-state index in [1.165, 1.54) is 35.2 Å². The van der Waals surface area contributed by atoms with Gasteiger partial charge in [0, 0.05) is 44.9 Å². The fourth-order valence-electron chi connectivity index (χ4n) is 6.44. The highest BCUT2D eigenvalue weighted by Gasteiger charge is 2.46. The van der Waals surface area contributed by atoms with Gasteiger partial charge in [-0.3, -0.25) is 14.2 Å². The lowest BCUT2D eigenvalue weighted by Gasteiger charge is -2.43. The molecular formula is C35H36F2N6O4. The number of benzene rings is 2. The number of halogens is 2. The average Bonchev–Trinajstić information content (AvgIpc) is 3.49. The molecule has 2 aromatic heterocycles. The number of nitrogens with two attached hydrogens (primary N) is 1. The molecular weight excluding hydrogens is 606 g/mol. The molecule has 2 aliphatic rings.